The standard InChI is InChI=1S/C14H18N4O5/c19-11-8-23-14(13(21)12(11)20)22-6-5-18-7-10(16-17-18)9-3-1-2-4-15-9/h1-4,7,11-14,19-21H,5-6,8H2/t11-,12+,13-,14-/m1/s1. The van der Waals surface area contributed by atoms with E-state index >= 15 is 0 Å². The van der Waals surface area contributed by atoms with E-state index < -0.39 is 24.6 Å². The average molecular weight is 322 g/mol. The number of aliphatic hydroxyl groups is 3. The molecule has 0 aromatic carbocycles. The van der Waals surface area contributed by atoms with Gasteiger partial charge < -0.3 is 24.8 Å². The van der Waals surface area contributed by atoms with Gasteiger partial charge in [-0.15, -0.1) is 5.10 Å². The first-order valence-corrected chi connectivity index (χ1v) is 7.24. The highest BCUT2D eigenvalue weighted by molar-refractivity contribution is 5.51. The van der Waals surface area contributed by atoms with Crippen LogP contribution in [0.15, 0.2) is 30.6 Å². The number of nitrogens with zero attached hydrogens (tertiary/aromatic N) is 4. The fourth-order valence-corrected chi connectivity index (χ4v) is 2.23. The lowest BCUT2D eigenvalue weighted by atomic mass is 10.1. The van der Waals surface area contributed by atoms with E-state index in [0.29, 0.717) is 12.2 Å². The van der Waals surface area contributed by atoms with Crippen molar-refractivity contribution < 1.29 is 24.8 Å². The van der Waals surface area contributed by atoms with Gasteiger partial charge in [0, 0.05) is 6.20 Å². The second kappa shape index (κ2) is 7.11. The highest BCUT2D eigenvalue weighted by atomic mass is 16.7. The van der Waals surface area contributed by atoms with Crippen LogP contribution in [0.5, 0.6) is 0 Å². The summed E-state index contributed by atoms with van der Waals surface area (Å²) in [5.74, 6) is 0. The molecule has 3 heterocycles. The van der Waals surface area contributed by atoms with Gasteiger partial charge in [-0.2, -0.15) is 0 Å². The summed E-state index contributed by atoms with van der Waals surface area (Å²) >= 11 is 0. The van der Waals surface area contributed by atoms with Crippen LogP contribution in [0.1, 0.15) is 0 Å². The Morgan fingerprint density at radius 2 is 2.09 bits per heavy atom. The Kier molecular flexibility index (Phi) is 4.94. The third-order valence-electron chi connectivity index (χ3n) is 3.52. The van der Waals surface area contributed by atoms with Crippen molar-refractivity contribution in [3.8, 4) is 11.4 Å². The maximum Gasteiger partial charge on any atom is 0.186 e. The van der Waals surface area contributed by atoms with Crippen LogP contribution in [0.4, 0.5) is 0 Å². The molecule has 2 aromatic heterocycles. The summed E-state index contributed by atoms with van der Waals surface area (Å²) in [5.41, 5.74) is 1.38. The lowest BCUT2D eigenvalue weighted by molar-refractivity contribution is -0.270. The predicted molar refractivity (Wildman–Crippen MR) is 77.0 cm³/mol. The van der Waals surface area contributed by atoms with Crippen molar-refractivity contribution in [1.29, 1.82) is 0 Å². The van der Waals surface area contributed by atoms with E-state index in [4.69, 9.17) is 9.47 Å². The quantitative estimate of drug-likeness (QED) is 0.627. The minimum Gasteiger partial charge on any atom is -0.388 e. The van der Waals surface area contributed by atoms with Gasteiger partial charge in [-0.3, -0.25) is 4.98 Å². The smallest absolute Gasteiger partial charge is 0.186 e. The highest BCUT2D eigenvalue weighted by Crippen LogP contribution is 2.16. The summed E-state index contributed by atoms with van der Waals surface area (Å²) in [5, 5.41) is 36.7. The molecule has 9 nitrogen and oxygen atoms in total. The Morgan fingerprint density at radius 1 is 1.22 bits per heavy atom. The molecular formula is C14H18N4O5. The molecule has 0 aliphatic carbocycles. The minimum absolute atomic E-state index is 0.0873. The fourth-order valence-electron chi connectivity index (χ4n) is 2.23. The molecule has 0 bridgehead atoms. The zero-order valence-electron chi connectivity index (χ0n) is 12.3. The first kappa shape index (κ1) is 16.0. The van der Waals surface area contributed by atoms with Crippen molar-refractivity contribution in [1.82, 2.24) is 20.0 Å². The van der Waals surface area contributed by atoms with Gasteiger partial charge in [0.15, 0.2) is 6.29 Å². The fraction of sp³-hybridized carbons (Fsp3) is 0.500. The van der Waals surface area contributed by atoms with Gasteiger partial charge in [-0.05, 0) is 12.1 Å². The van der Waals surface area contributed by atoms with Crippen LogP contribution in [0.3, 0.4) is 0 Å². The maximum atomic E-state index is 9.75. The zero-order chi connectivity index (χ0) is 16.2. The van der Waals surface area contributed by atoms with E-state index in [1.165, 1.54) is 0 Å². The molecule has 3 N–H and O–H groups in total. The first-order valence-electron chi connectivity index (χ1n) is 7.24. The highest BCUT2D eigenvalue weighted by Gasteiger charge is 2.38. The van der Waals surface area contributed by atoms with E-state index in [9.17, 15) is 15.3 Å². The number of aromatic nitrogens is 4. The van der Waals surface area contributed by atoms with Gasteiger partial charge in [0.2, 0.25) is 0 Å². The Labute approximate surface area is 132 Å². The van der Waals surface area contributed by atoms with Crippen molar-refractivity contribution >= 4 is 0 Å². The van der Waals surface area contributed by atoms with E-state index in [1.54, 1.807) is 17.1 Å². The molecular weight excluding hydrogens is 304 g/mol. The van der Waals surface area contributed by atoms with Gasteiger partial charge in [0.1, 0.15) is 24.0 Å². The molecule has 124 valence electrons. The predicted octanol–water partition coefficient (Wildman–Crippen LogP) is -1.20. The Balaban J connectivity index is 1.51. The molecule has 1 aliphatic heterocycles. The minimum atomic E-state index is -1.29. The van der Waals surface area contributed by atoms with Crippen molar-refractivity contribution in [2.24, 2.45) is 0 Å². The SMILES string of the molecule is O[C@@H]1[C@@H](O)[C@H](OCCn2cc(-c3ccccn3)nn2)OC[C@H]1O. The summed E-state index contributed by atoms with van der Waals surface area (Å²) in [6.45, 7) is 0.511. The molecule has 9 heteroatoms. The molecule has 0 amide bonds. The number of rotatable bonds is 5. The van der Waals surface area contributed by atoms with E-state index in [1.807, 2.05) is 18.2 Å². The van der Waals surface area contributed by atoms with Crippen LogP contribution in [-0.2, 0) is 16.0 Å². The molecule has 0 saturated carbocycles. The maximum absolute atomic E-state index is 9.75. The molecule has 2 aromatic rings. The lowest BCUT2D eigenvalue weighted by Gasteiger charge is -2.34. The summed E-state index contributed by atoms with van der Waals surface area (Å²) in [7, 11) is 0. The van der Waals surface area contributed by atoms with E-state index in [0.717, 1.165) is 5.69 Å². The third kappa shape index (κ3) is 3.71. The molecule has 4 atom stereocenters. The summed E-state index contributed by atoms with van der Waals surface area (Å²) in [6.07, 6.45) is -1.25. The van der Waals surface area contributed by atoms with Gasteiger partial charge >= 0.3 is 0 Å². The Bertz CT molecular complexity index is 623. The molecule has 1 aliphatic rings. The van der Waals surface area contributed by atoms with Crippen LogP contribution < -0.4 is 0 Å². The number of ether oxygens (including phenoxy) is 2. The molecule has 3 rings (SSSR count). The second-order valence-corrected chi connectivity index (χ2v) is 5.20. The molecule has 23 heavy (non-hydrogen) atoms. The Morgan fingerprint density at radius 3 is 2.87 bits per heavy atom. The molecule has 0 radical (unpaired) electrons. The number of hydrogen-bond acceptors (Lipinski definition) is 8. The summed E-state index contributed by atoms with van der Waals surface area (Å²) in [4.78, 5) is 4.19. The van der Waals surface area contributed by atoms with Gasteiger partial charge in [-0.25, -0.2) is 4.68 Å². The first-order chi connectivity index (χ1) is 11.1. The molecule has 1 fully saturated rings. The Hall–Kier alpha value is -1.91. The van der Waals surface area contributed by atoms with E-state index in [2.05, 4.69) is 15.3 Å². The average Bonchev–Trinajstić information content (AvgIpc) is 3.05. The number of hydrogen-bond donors (Lipinski definition) is 3. The number of pyridine rings is 1. The van der Waals surface area contributed by atoms with Crippen molar-refractivity contribution in [3.05, 3.63) is 30.6 Å². The monoisotopic (exact) mass is 322 g/mol. The van der Waals surface area contributed by atoms with Gasteiger partial charge in [0.25, 0.3) is 0 Å². The van der Waals surface area contributed by atoms with Gasteiger partial charge in [-0.1, -0.05) is 11.3 Å². The largest absolute Gasteiger partial charge is 0.388 e. The topological polar surface area (TPSA) is 123 Å². The second-order valence-electron chi connectivity index (χ2n) is 5.20. The van der Waals surface area contributed by atoms with Crippen LogP contribution in [0.2, 0.25) is 0 Å². The lowest BCUT2D eigenvalue weighted by Crippen LogP contribution is -2.53. The van der Waals surface area contributed by atoms with Crippen LogP contribution in [0.25, 0.3) is 11.4 Å². The number of aliphatic hydroxyl groups excluding tert-OH is 3. The summed E-state index contributed by atoms with van der Waals surface area (Å²) < 4.78 is 12.1. The third-order valence-corrected chi connectivity index (χ3v) is 3.52. The zero-order valence-corrected chi connectivity index (χ0v) is 12.3. The van der Waals surface area contributed by atoms with Crippen LogP contribution in [-0.4, -0.2) is 73.1 Å². The van der Waals surface area contributed by atoms with Crippen molar-refractivity contribution in [3.63, 3.8) is 0 Å². The normalized spacial score (nSPS) is 28.0. The van der Waals surface area contributed by atoms with Crippen LogP contribution in [0, 0.1) is 0 Å². The molecule has 1 saturated heterocycles. The summed E-state index contributed by atoms with van der Waals surface area (Å²) in [6, 6.07) is 5.53. The molecule has 0 unspecified atom stereocenters. The van der Waals surface area contributed by atoms with Crippen molar-refractivity contribution in [2.45, 2.75) is 31.1 Å². The van der Waals surface area contributed by atoms with Crippen LogP contribution >= 0.6 is 0 Å². The van der Waals surface area contributed by atoms with Gasteiger partial charge in [0.05, 0.1) is 31.6 Å². The van der Waals surface area contributed by atoms with E-state index in [-0.39, 0.29) is 13.2 Å². The van der Waals surface area contributed by atoms with Crippen molar-refractivity contribution in [2.75, 3.05) is 13.2 Å². The molecule has 0 spiro atoms.